The Balaban J connectivity index is 2.81. The van der Waals surface area contributed by atoms with E-state index in [2.05, 4.69) is 71.1 Å². The van der Waals surface area contributed by atoms with Crippen LogP contribution in [0.25, 0.3) is 0 Å². The van der Waals surface area contributed by atoms with Gasteiger partial charge in [0.25, 0.3) is 0 Å². The fourth-order valence-corrected chi connectivity index (χ4v) is 2.33. The van der Waals surface area contributed by atoms with Crippen molar-refractivity contribution < 1.29 is 4.74 Å². The lowest BCUT2D eigenvalue weighted by Crippen LogP contribution is -2.39. The molecular formula is C18H31NO. The predicted octanol–water partition coefficient (Wildman–Crippen LogP) is 4.63. The molecule has 2 unspecified atom stereocenters. The Labute approximate surface area is 124 Å². The molecule has 0 aromatic heterocycles. The van der Waals surface area contributed by atoms with Gasteiger partial charge in [-0.2, -0.15) is 0 Å². The zero-order valence-electron chi connectivity index (χ0n) is 14.0. The number of hydrogen-bond acceptors (Lipinski definition) is 2. The highest BCUT2D eigenvalue weighted by atomic mass is 16.5. The van der Waals surface area contributed by atoms with E-state index in [0.29, 0.717) is 6.10 Å². The minimum atomic E-state index is 0.109. The second kappa shape index (κ2) is 7.80. The fourth-order valence-electron chi connectivity index (χ4n) is 2.33. The first-order valence-corrected chi connectivity index (χ1v) is 7.79. The largest absolute Gasteiger partial charge is 0.369 e. The van der Waals surface area contributed by atoms with Crippen molar-refractivity contribution in [2.24, 2.45) is 0 Å². The lowest BCUT2D eigenvalue weighted by Gasteiger charge is -2.28. The van der Waals surface area contributed by atoms with Gasteiger partial charge in [-0.1, -0.05) is 37.6 Å². The monoisotopic (exact) mass is 277 g/mol. The fraction of sp³-hybridized carbons (Fsp3) is 0.667. The molecule has 0 radical (unpaired) electrons. The number of rotatable bonds is 7. The van der Waals surface area contributed by atoms with E-state index in [1.54, 1.807) is 0 Å². The summed E-state index contributed by atoms with van der Waals surface area (Å²) < 4.78 is 6.29. The molecule has 0 fully saturated rings. The van der Waals surface area contributed by atoms with Gasteiger partial charge in [-0.25, -0.2) is 0 Å². The Bertz CT molecular complexity index is 395. The molecule has 1 aromatic rings. The van der Waals surface area contributed by atoms with Crippen LogP contribution in [0.15, 0.2) is 24.3 Å². The molecule has 0 aliphatic carbocycles. The molecule has 0 spiro atoms. The lowest BCUT2D eigenvalue weighted by molar-refractivity contribution is -0.0102. The van der Waals surface area contributed by atoms with Crippen LogP contribution in [-0.2, 0) is 4.74 Å². The second-order valence-corrected chi connectivity index (χ2v) is 6.71. The minimum absolute atomic E-state index is 0.109. The van der Waals surface area contributed by atoms with Gasteiger partial charge in [0.15, 0.2) is 0 Å². The number of ether oxygens (including phenoxy) is 1. The van der Waals surface area contributed by atoms with Crippen LogP contribution < -0.4 is 5.32 Å². The molecule has 2 nitrogen and oxygen atoms in total. The highest BCUT2D eigenvalue weighted by molar-refractivity contribution is 5.28. The minimum Gasteiger partial charge on any atom is -0.369 e. The Morgan fingerprint density at radius 1 is 1.20 bits per heavy atom. The van der Waals surface area contributed by atoms with E-state index in [4.69, 9.17) is 4.74 Å². The molecule has 20 heavy (non-hydrogen) atoms. The highest BCUT2D eigenvalue weighted by Crippen LogP contribution is 2.24. The van der Waals surface area contributed by atoms with Gasteiger partial charge >= 0.3 is 0 Å². The molecule has 2 heteroatoms. The van der Waals surface area contributed by atoms with E-state index in [0.717, 1.165) is 19.4 Å². The third-order valence-electron chi connectivity index (χ3n) is 3.44. The van der Waals surface area contributed by atoms with Crippen molar-refractivity contribution in [3.63, 3.8) is 0 Å². The second-order valence-electron chi connectivity index (χ2n) is 6.71. The van der Waals surface area contributed by atoms with E-state index < -0.39 is 0 Å². The molecule has 1 aromatic carbocycles. The van der Waals surface area contributed by atoms with E-state index in [9.17, 15) is 0 Å². The Kier molecular flexibility index (Phi) is 6.70. The Hall–Kier alpha value is -0.860. The normalized spacial score (nSPS) is 15.1. The molecule has 0 bridgehead atoms. The van der Waals surface area contributed by atoms with Crippen molar-refractivity contribution >= 4 is 0 Å². The molecule has 0 saturated heterocycles. The highest BCUT2D eigenvalue weighted by Gasteiger charge is 2.19. The van der Waals surface area contributed by atoms with Gasteiger partial charge in [-0.15, -0.1) is 0 Å². The van der Waals surface area contributed by atoms with Crippen molar-refractivity contribution in [3.05, 3.63) is 35.4 Å². The summed E-state index contributed by atoms with van der Waals surface area (Å²) in [6, 6.07) is 8.53. The maximum Gasteiger partial charge on any atom is 0.0955 e. The summed E-state index contributed by atoms with van der Waals surface area (Å²) in [6.07, 6.45) is 2.69. The van der Waals surface area contributed by atoms with E-state index in [1.807, 2.05) is 0 Å². The van der Waals surface area contributed by atoms with Gasteiger partial charge in [0.05, 0.1) is 12.2 Å². The number of benzene rings is 1. The maximum atomic E-state index is 6.29. The summed E-state index contributed by atoms with van der Waals surface area (Å²) in [5, 5.41) is 3.57. The number of aryl methyl sites for hydroxylation is 1. The first-order valence-electron chi connectivity index (χ1n) is 7.79. The van der Waals surface area contributed by atoms with Crippen LogP contribution in [-0.4, -0.2) is 18.2 Å². The quantitative estimate of drug-likeness (QED) is 0.784. The topological polar surface area (TPSA) is 21.3 Å². The van der Waals surface area contributed by atoms with Crippen LogP contribution in [0.2, 0.25) is 0 Å². The average molecular weight is 277 g/mol. The zero-order valence-corrected chi connectivity index (χ0v) is 14.0. The molecule has 114 valence electrons. The summed E-state index contributed by atoms with van der Waals surface area (Å²) in [4.78, 5) is 0. The van der Waals surface area contributed by atoms with Gasteiger partial charge in [-0.3, -0.25) is 0 Å². The van der Waals surface area contributed by atoms with Crippen molar-refractivity contribution in [1.82, 2.24) is 5.32 Å². The van der Waals surface area contributed by atoms with Crippen molar-refractivity contribution in [2.75, 3.05) is 6.54 Å². The molecule has 0 aliphatic heterocycles. The van der Waals surface area contributed by atoms with Crippen LogP contribution in [0.5, 0.6) is 0 Å². The summed E-state index contributed by atoms with van der Waals surface area (Å²) in [5.41, 5.74) is 2.71. The van der Waals surface area contributed by atoms with Crippen LogP contribution in [0.1, 0.15) is 64.7 Å². The first kappa shape index (κ1) is 17.2. The van der Waals surface area contributed by atoms with Gasteiger partial charge in [-0.05, 0) is 52.2 Å². The predicted molar refractivity (Wildman–Crippen MR) is 87.1 cm³/mol. The summed E-state index contributed by atoms with van der Waals surface area (Å²) in [7, 11) is 0. The van der Waals surface area contributed by atoms with Gasteiger partial charge in [0.2, 0.25) is 0 Å². The molecule has 0 saturated carbocycles. The van der Waals surface area contributed by atoms with Crippen LogP contribution in [0, 0.1) is 6.92 Å². The standard InChI is InChI=1S/C18H31NO/c1-7-10-15(3)20-17(13-19-18(4,5)6)16-12-9-8-11-14(16)2/h8-9,11-12,15,17,19H,7,10,13H2,1-6H3. The average Bonchev–Trinajstić information content (AvgIpc) is 2.34. The maximum absolute atomic E-state index is 6.29. The number of hydrogen-bond donors (Lipinski definition) is 1. The molecule has 0 amide bonds. The Morgan fingerprint density at radius 2 is 1.85 bits per heavy atom. The van der Waals surface area contributed by atoms with Crippen LogP contribution >= 0.6 is 0 Å². The third-order valence-corrected chi connectivity index (χ3v) is 3.44. The van der Waals surface area contributed by atoms with Gasteiger partial charge in [0, 0.05) is 12.1 Å². The smallest absolute Gasteiger partial charge is 0.0955 e. The van der Waals surface area contributed by atoms with Gasteiger partial charge in [0.1, 0.15) is 0 Å². The molecule has 1 N–H and O–H groups in total. The molecule has 0 heterocycles. The van der Waals surface area contributed by atoms with E-state index in [1.165, 1.54) is 11.1 Å². The van der Waals surface area contributed by atoms with Crippen molar-refractivity contribution in [3.8, 4) is 0 Å². The Morgan fingerprint density at radius 3 is 2.40 bits per heavy atom. The van der Waals surface area contributed by atoms with Crippen molar-refractivity contribution in [1.29, 1.82) is 0 Å². The summed E-state index contributed by atoms with van der Waals surface area (Å²) >= 11 is 0. The van der Waals surface area contributed by atoms with E-state index >= 15 is 0 Å². The molecular weight excluding hydrogens is 246 g/mol. The SMILES string of the molecule is CCCC(C)OC(CNC(C)(C)C)c1ccccc1C. The van der Waals surface area contributed by atoms with Gasteiger partial charge < -0.3 is 10.1 Å². The first-order chi connectivity index (χ1) is 9.33. The van der Waals surface area contributed by atoms with E-state index in [-0.39, 0.29) is 11.6 Å². The van der Waals surface area contributed by atoms with Crippen LogP contribution in [0.3, 0.4) is 0 Å². The number of nitrogens with one attached hydrogen (secondary N) is 1. The zero-order chi connectivity index (χ0) is 15.2. The summed E-state index contributed by atoms with van der Waals surface area (Å²) in [5.74, 6) is 0. The van der Waals surface area contributed by atoms with Crippen molar-refractivity contribution in [2.45, 2.75) is 72.1 Å². The van der Waals surface area contributed by atoms with Crippen LogP contribution in [0.4, 0.5) is 0 Å². The molecule has 2 atom stereocenters. The molecule has 1 rings (SSSR count). The summed E-state index contributed by atoms with van der Waals surface area (Å²) in [6.45, 7) is 14.0. The molecule has 0 aliphatic rings. The third kappa shape index (κ3) is 6.06. The lowest BCUT2D eigenvalue weighted by atomic mass is 10.0.